The van der Waals surface area contributed by atoms with Gasteiger partial charge in [-0.2, -0.15) is 0 Å². The van der Waals surface area contributed by atoms with Gasteiger partial charge in [-0.1, -0.05) is 5.16 Å². The van der Waals surface area contributed by atoms with Crippen molar-refractivity contribution in [2.24, 2.45) is 5.16 Å². The van der Waals surface area contributed by atoms with E-state index in [-0.39, 0.29) is 22.4 Å². The summed E-state index contributed by atoms with van der Waals surface area (Å²) in [5.74, 6) is -2.41. The third-order valence-electron chi connectivity index (χ3n) is 3.24. The number of nitrogens with one attached hydrogen (secondary N) is 4. The van der Waals surface area contributed by atoms with E-state index in [9.17, 15) is 19.2 Å². The number of oxime groups is 1. The minimum absolute atomic E-state index is 0.121. The van der Waals surface area contributed by atoms with Crippen LogP contribution in [0, 0.1) is 0 Å². The molecule has 11 nitrogen and oxygen atoms in total. The number of alkyl halides is 1. The van der Waals surface area contributed by atoms with Crippen molar-refractivity contribution in [3.05, 3.63) is 11.1 Å². The number of hydrogen-bond donors (Lipinski definition) is 4. The minimum atomic E-state index is -1.04. The lowest BCUT2D eigenvalue weighted by Crippen LogP contribution is -2.73. The van der Waals surface area contributed by atoms with Crippen molar-refractivity contribution in [1.29, 1.82) is 0 Å². The van der Waals surface area contributed by atoms with E-state index >= 15 is 0 Å². The lowest BCUT2D eigenvalue weighted by atomic mass is 9.98. The predicted molar refractivity (Wildman–Crippen MR) is 92.9 cm³/mol. The molecular formula is C13H15ClN6O5S. The Morgan fingerprint density at radius 2 is 2.19 bits per heavy atom. The summed E-state index contributed by atoms with van der Waals surface area (Å²) < 4.78 is 0. The quantitative estimate of drug-likeness (QED) is 0.187. The molecule has 13 heteroatoms. The molecule has 4 amide bonds. The first-order valence-corrected chi connectivity index (χ1v) is 8.58. The number of thiazole rings is 1. The fourth-order valence-electron chi connectivity index (χ4n) is 2.00. The Kier molecular flexibility index (Phi) is 6.46. The van der Waals surface area contributed by atoms with Crippen molar-refractivity contribution in [2.75, 3.05) is 25.4 Å². The molecule has 26 heavy (non-hydrogen) atoms. The molecule has 4 N–H and O–H groups in total. The van der Waals surface area contributed by atoms with Gasteiger partial charge in [-0.25, -0.2) is 4.98 Å². The lowest BCUT2D eigenvalue weighted by molar-refractivity contribution is -0.141. The first kappa shape index (κ1) is 19.6. The highest BCUT2D eigenvalue weighted by Crippen LogP contribution is 2.17. The standard InChI is InChI=1S/C13H15ClN6O5S/c1-15-10(22)8-9(12(24)18-8)19-11(23)7(20-25-2)5-4-26-13(16-5)17-6(21)3-14/h4,8-9H,3H2,1-2H3,(H,15,22)(H,18,24)(H,19,23)(H,16,17,21)/b20-7-. The zero-order valence-electron chi connectivity index (χ0n) is 13.7. The number of halogens is 1. The van der Waals surface area contributed by atoms with Crippen molar-refractivity contribution in [2.45, 2.75) is 12.1 Å². The summed E-state index contributed by atoms with van der Waals surface area (Å²) >= 11 is 6.45. The van der Waals surface area contributed by atoms with Crippen LogP contribution in [-0.2, 0) is 24.0 Å². The van der Waals surface area contributed by atoms with Crippen LogP contribution in [0.25, 0.3) is 0 Å². The molecule has 0 bridgehead atoms. The first-order valence-electron chi connectivity index (χ1n) is 7.17. The highest BCUT2D eigenvalue weighted by atomic mass is 35.5. The molecule has 2 heterocycles. The molecule has 1 aromatic heterocycles. The van der Waals surface area contributed by atoms with Gasteiger partial charge >= 0.3 is 0 Å². The van der Waals surface area contributed by atoms with Crippen LogP contribution in [0.5, 0.6) is 0 Å². The zero-order valence-corrected chi connectivity index (χ0v) is 15.2. The minimum Gasteiger partial charge on any atom is -0.398 e. The van der Waals surface area contributed by atoms with Crippen molar-refractivity contribution in [3.8, 4) is 0 Å². The van der Waals surface area contributed by atoms with Gasteiger partial charge in [0.05, 0.1) is 0 Å². The van der Waals surface area contributed by atoms with Crippen molar-refractivity contribution in [3.63, 3.8) is 0 Å². The Morgan fingerprint density at radius 1 is 1.46 bits per heavy atom. The Bertz CT molecular complexity index is 766. The number of carbonyl (C=O) groups is 4. The molecule has 0 saturated carbocycles. The second-order valence-corrected chi connectivity index (χ2v) is 6.02. The monoisotopic (exact) mass is 402 g/mol. The molecule has 0 aromatic carbocycles. The van der Waals surface area contributed by atoms with Gasteiger partial charge in [0.2, 0.25) is 17.7 Å². The average molecular weight is 403 g/mol. The lowest BCUT2D eigenvalue weighted by Gasteiger charge is -2.35. The number of aromatic nitrogens is 1. The van der Waals surface area contributed by atoms with Gasteiger partial charge in [0, 0.05) is 12.4 Å². The third kappa shape index (κ3) is 4.26. The number of rotatable bonds is 7. The summed E-state index contributed by atoms with van der Waals surface area (Å²) in [5.41, 5.74) is -0.0964. The van der Waals surface area contributed by atoms with Crippen molar-refractivity contribution >= 4 is 57.4 Å². The molecule has 0 radical (unpaired) electrons. The fraction of sp³-hybridized carbons (Fsp3) is 0.385. The molecule has 2 atom stereocenters. The van der Waals surface area contributed by atoms with Gasteiger partial charge in [0.15, 0.2) is 10.8 Å². The van der Waals surface area contributed by atoms with Crippen LogP contribution in [-0.4, -0.2) is 66.4 Å². The number of hydrogen-bond acceptors (Lipinski definition) is 8. The fourth-order valence-corrected chi connectivity index (χ4v) is 2.78. The Labute approximate surface area is 156 Å². The van der Waals surface area contributed by atoms with Crippen LogP contribution in [0.3, 0.4) is 0 Å². The molecule has 1 saturated heterocycles. The second kappa shape index (κ2) is 8.58. The Morgan fingerprint density at radius 3 is 2.77 bits per heavy atom. The highest BCUT2D eigenvalue weighted by Gasteiger charge is 2.45. The Hall–Kier alpha value is -2.73. The number of carbonyl (C=O) groups excluding carboxylic acids is 4. The molecule has 1 aliphatic rings. The summed E-state index contributed by atoms with van der Waals surface area (Å²) in [6.07, 6.45) is 0. The molecule has 0 aliphatic carbocycles. The summed E-state index contributed by atoms with van der Waals surface area (Å²) in [7, 11) is 2.65. The van der Waals surface area contributed by atoms with E-state index in [0.29, 0.717) is 0 Å². The van der Waals surface area contributed by atoms with Crippen LogP contribution in [0.15, 0.2) is 10.5 Å². The van der Waals surface area contributed by atoms with Gasteiger partial charge in [-0.05, 0) is 0 Å². The van der Waals surface area contributed by atoms with E-state index < -0.39 is 35.7 Å². The van der Waals surface area contributed by atoms with Crippen LogP contribution in [0.2, 0.25) is 0 Å². The maximum Gasteiger partial charge on any atom is 0.276 e. The van der Waals surface area contributed by atoms with Crippen LogP contribution in [0.4, 0.5) is 5.13 Å². The maximum absolute atomic E-state index is 12.4. The van der Waals surface area contributed by atoms with Gasteiger partial charge in [-0.15, -0.1) is 22.9 Å². The Balaban J connectivity index is 2.13. The van der Waals surface area contributed by atoms with Crippen LogP contribution in [0.1, 0.15) is 5.69 Å². The van der Waals surface area contributed by atoms with Gasteiger partial charge in [0.1, 0.15) is 30.8 Å². The summed E-state index contributed by atoms with van der Waals surface area (Å²) in [6.45, 7) is 0. The van der Waals surface area contributed by atoms with Crippen LogP contribution < -0.4 is 21.3 Å². The smallest absolute Gasteiger partial charge is 0.276 e. The van der Waals surface area contributed by atoms with Crippen LogP contribution >= 0.6 is 22.9 Å². The topological polar surface area (TPSA) is 151 Å². The van der Waals surface area contributed by atoms with Crippen molar-refractivity contribution < 1.29 is 24.0 Å². The van der Waals surface area contributed by atoms with Gasteiger partial charge < -0.3 is 26.1 Å². The third-order valence-corrected chi connectivity index (χ3v) is 4.24. The molecule has 1 aliphatic heterocycles. The zero-order chi connectivity index (χ0) is 19.3. The van der Waals surface area contributed by atoms with E-state index in [0.717, 1.165) is 11.3 Å². The molecular weight excluding hydrogens is 388 g/mol. The van der Waals surface area contributed by atoms with E-state index in [1.807, 2.05) is 0 Å². The largest absolute Gasteiger partial charge is 0.398 e. The number of nitrogens with zero attached hydrogens (tertiary/aromatic N) is 2. The molecule has 0 spiro atoms. The van der Waals surface area contributed by atoms with E-state index in [2.05, 4.69) is 36.2 Å². The van der Waals surface area contributed by atoms with E-state index in [1.165, 1.54) is 19.5 Å². The average Bonchev–Trinajstić information content (AvgIpc) is 3.08. The first-order chi connectivity index (χ1) is 12.4. The SMILES string of the molecule is CNC(=O)C1NC(=O)C1NC(=O)/C(=N\OC)c1csc(NC(=O)CCl)n1. The number of β-lactam (4-membered cyclic amide) rings is 1. The molecule has 1 fully saturated rings. The van der Waals surface area contributed by atoms with E-state index in [1.54, 1.807) is 0 Å². The summed E-state index contributed by atoms with van der Waals surface area (Å²) in [4.78, 5) is 55.7. The summed E-state index contributed by atoms with van der Waals surface area (Å²) in [6, 6.07) is -1.92. The van der Waals surface area contributed by atoms with E-state index in [4.69, 9.17) is 11.6 Å². The highest BCUT2D eigenvalue weighted by molar-refractivity contribution is 7.14. The molecule has 1 aromatic rings. The second-order valence-electron chi connectivity index (χ2n) is 4.89. The molecule has 2 rings (SSSR count). The predicted octanol–water partition coefficient (Wildman–Crippen LogP) is -1.60. The van der Waals surface area contributed by atoms with Gasteiger partial charge in [-0.3, -0.25) is 19.2 Å². The normalized spacial score (nSPS) is 19.0. The van der Waals surface area contributed by atoms with Gasteiger partial charge in [0.25, 0.3) is 5.91 Å². The number of anilines is 1. The molecule has 140 valence electrons. The van der Waals surface area contributed by atoms with Crippen molar-refractivity contribution in [1.82, 2.24) is 20.9 Å². The summed E-state index contributed by atoms with van der Waals surface area (Å²) in [5, 5.41) is 14.9. The maximum atomic E-state index is 12.4. The number of amides is 4. The molecule has 2 unspecified atom stereocenters. The number of likely N-dealkylation sites (N-methyl/N-ethyl adjacent to an activating group) is 1.